The van der Waals surface area contributed by atoms with Crippen LogP contribution in [0, 0.1) is 5.92 Å². The molecule has 1 N–H and O–H groups in total. The number of carbonyl (C=O) groups is 1. The molecule has 1 saturated heterocycles. The number of esters is 1. The second kappa shape index (κ2) is 6.57. The van der Waals surface area contributed by atoms with Gasteiger partial charge in [-0.3, -0.25) is 9.59 Å². The van der Waals surface area contributed by atoms with Gasteiger partial charge in [0.25, 0.3) is 0 Å². The Bertz CT molecular complexity index is 952. The molecular weight excluding hydrogens is 330 g/mol. The molecule has 134 valence electrons. The summed E-state index contributed by atoms with van der Waals surface area (Å²) in [5.74, 6) is 0.204. The summed E-state index contributed by atoms with van der Waals surface area (Å²) in [6, 6.07) is 13.3. The molecular formula is C21H21NO4. The number of benzene rings is 2. The molecule has 5 nitrogen and oxygen atoms in total. The molecule has 0 aliphatic carbocycles. The van der Waals surface area contributed by atoms with E-state index in [1.807, 2.05) is 49.4 Å². The molecule has 5 heteroatoms. The molecule has 26 heavy (non-hydrogen) atoms. The van der Waals surface area contributed by atoms with E-state index in [0.29, 0.717) is 13.2 Å². The van der Waals surface area contributed by atoms with Crippen molar-refractivity contribution in [1.82, 2.24) is 5.32 Å². The van der Waals surface area contributed by atoms with Crippen molar-refractivity contribution < 1.29 is 14.3 Å². The molecule has 1 fully saturated rings. The number of methoxy groups -OCH3 is 1. The van der Waals surface area contributed by atoms with Crippen LogP contribution in [0.2, 0.25) is 0 Å². The smallest absolute Gasteiger partial charge is 0.311 e. The Balaban J connectivity index is 1.67. The van der Waals surface area contributed by atoms with Crippen LogP contribution in [-0.2, 0) is 9.53 Å². The van der Waals surface area contributed by atoms with Crippen LogP contribution in [0.4, 0.5) is 0 Å². The summed E-state index contributed by atoms with van der Waals surface area (Å²) in [5.41, 5.74) is 2.15. The third-order valence-electron chi connectivity index (χ3n) is 5.28. The number of carbonyl (C=O) groups excluding carboxylic acids is 1. The van der Waals surface area contributed by atoms with Crippen LogP contribution in [0.25, 0.3) is 10.8 Å². The molecule has 0 saturated carbocycles. The van der Waals surface area contributed by atoms with Gasteiger partial charge in [-0.15, -0.1) is 0 Å². The Labute approximate surface area is 151 Å². The maximum Gasteiger partial charge on any atom is 0.311 e. The molecule has 0 amide bonds. The van der Waals surface area contributed by atoms with E-state index in [4.69, 9.17) is 9.47 Å². The number of hydrogen-bond acceptors (Lipinski definition) is 5. The molecule has 0 bridgehead atoms. The summed E-state index contributed by atoms with van der Waals surface area (Å²) in [4.78, 5) is 24.4. The zero-order valence-corrected chi connectivity index (χ0v) is 14.8. The van der Waals surface area contributed by atoms with Crippen LogP contribution in [0.15, 0.2) is 47.3 Å². The normalized spacial score (nSPS) is 22.8. The lowest BCUT2D eigenvalue weighted by molar-refractivity contribution is -0.148. The third kappa shape index (κ3) is 2.78. The van der Waals surface area contributed by atoms with Gasteiger partial charge in [0.05, 0.1) is 19.6 Å². The minimum atomic E-state index is -0.338. The standard InChI is InChI=1S/C21H21NO4/c1-3-26-21(24)18-17(13-6-9-15-16(10-13)20(15)23)11-22-19(18)12-4-7-14(25-2)8-5-12/h4-10,17-19,22H,3,11H2,1-2H3. The molecule has 0 aromatic heterocycles. The fourth-order valence-electron chi connectivity index (χ4n) is 3.87. The monoisotopic (exact) mass is 351 g/mol. The molecule has 3 atom stereocenters. The second-order valence-electron chi connectivity index (χ2n) is 6.68. The summed E-state index contributed by atoms with van der Waals surface area (Å²) < 4.78 is 10.6. The van der Waals surface area contributed by atoms with Crippen molar-refractivity contribution in [3.05, 3.63) is 63.8 Å². The number of hydrogen-bond donors (Lipinski definition) is 1. The van der Waals surface area contributed by atoms with E-state index in [9.17, 15) is 9.59 Å². The van der Waals surface area contributed by atoms with Gasteiger partial charge in [-0.05, 0) is 36.2 Å². The number of ether oxygens (including phenoxy) is 2. The van der Waals surface area contributed by atoms with Gasteiger partial charge in [-0.25, -0.2) is 0 Å². The highest BCUT2D eigenvalue weighted by Gasteiger charge is 2.43. The predicted molar refractivity (Wildman–Crippen MR) is 99.2 cm³/mol. The predicted octanol–water partition coefficient (Wildman–Crippen LogP) is 2.69. The van der Waals surface area contributed by atoms with Gasteiger partial charge in [0.2, 0.25) is 0 Å². The van der Waals surface area contributed by atoms with Gasteiger partial charge >= 0.3 is 5.97 Å². The third-order valence-corrected chi connectivity index (χ3v) is 5.28. The van der Waals surface area contributed by atoms with Crippen molar-refractivity contribution in [2.24, 2.45) is 5.92 Å². The van der Waals surface area contributed by atoms with E-state index < -0.39 is 0 Å². The largest absolute Gasteiger partial charge is 0.497 e. The van der Waals surface area contributed by atoms with Crippen LogP contribution in [0.1, 0.15) is 30.0 Å². The van der Waals surface area contributed by atoms with E-state index >= 15 is 0 Å². The van der Waals surface area contributed by atoms with Crippen molar-refractivity contribution in [1.29, 1.82) is 0 Å². The highest BCUT2D eigenvalue weighted by Crippen LogP contribution is 2.41. The molecule has 3 aromatic carbocycles. The summed E-state index contributed by atoms with van der Waals surface area (Å²) >= 11 is 0. The van der Waals surface area contributed by atoms with Crippen LogP contribution in [0.3, 0.4) is 0 Å². The Morgan fingerprint density at radius 1 is 1.12 bits per heavy atom. The Morgan fingerprint density at radius 2 is 1.85 bits per heavy atom. The maximum absolute atomic E-state index is 12.7. The van der Waals surface area contributed by atoms with Gasteiger partial charge < -0.3 is 14.8 Å². The first kappa shape index (κ1) is 16.8. The minimum Gasteiger partial charge on any atom is -0.497 e. The molecule has 4 rings (SSSR count). The fourth-order valence-corrected chi connectivity index (χ4v) is 3.87. The molecule has 0 spiro atoms. The summed E-state index contributed by atoms with van der Waals surface area (Å²) in [6.45, 7) is 2.82. The highest BCUT2D eigenvalue weighted by molar-refractivity contribution is 5.97. The van der Waals surface area contributed by atoms with Crippen LogP contribution < -0.4 is 15.5 Å². The lowest BCUT2D eigenvalue weighted by Crippen LogP contribution is -2.27. The van der Waals surface area contributed by atoms with Gasteiger partial charge in [0.1, 0.15) is 5.75 Å². The van der Waals surface area contributed by atoms with Crippen molar-refractivity contribution >= 4 is 16.7 Å². The summed E-state index contributed by atoms with van der Waals surface area (Å²) in [6.07, 6.45) is 0. The second-order valence-corrected chi connectivity index (χ2v) is 6.68. The average molecular weight is 351 g/mol. The van der Waals surface area contributed by atoms with Crippen LogP contribution in [0.5, 0.6) is 5.75 Å². The topological polar surface area (TPSA) is 64.6 Å². The Kier molecular flexibility index (Phi) is 4.24. The molecule has 1 heterocycles. The maximum atomic E-state index is 12.7. The van der Waals surface area contributed by atoms with Crippen LogP contribution >= 0.6 is 0 Å². The van der Waals surface area contributed by atoms with Gasteiger partial charge in [-0.2, -0.15) is 0 Å². The van der Waals surface area contributed by atoms with E-state index in [1.54, 1.807) is 7.11 Å². The average Bonchev–Trinajstić information content (AvgIpc) is 3.12. The number of fused-ring (bicyclic) bond motifs is 1. The van der Waals surface area contributed by atoms with Crippen molar-refractivity contribution in [2.45, 2.75) is 18.9 Å². The molecule has 0 radical (unpaired) electrons. The van der Waals surface area contributed by atoms with E-state index in [0.717, 1.165) is 27.6 Å². The van der Waals surface area contributed by atoms with Gasteiger partial charge in [0.15, 0.2) is 5.43 Å². The minimum absolute atomic E-state index is 0.0279. The zero-order valence-electron chi connectivity index (χ0n) is 14.8. The fraction of sp³-hybridized carbons (Fsp3) is 0.333. The molecule has 1 aliphatic rings. The molecule has 3 unspecified atom stereocenters. The summed E-state index contributed by atoms with van der Waals surface area (Å²) in [5, 5.41) is 5.04. The molecule has 1 aliphatic heterocycles. The number of nitrogens with one attached hydrogen (secondary N) is 1. The zero-order chi connectivity index (χ0) is 18.3. The van der Waals surface area contributed by atoms with Gasteiger partial charge in [0, 0.05) is 29.3 Å². The first-order valence-corrected chi connectivity index (χ1v) is 8.86. The number of rotatable bonds is 5. The highest BCUT2D eigenvalue weighted by atomic mass is 16.5. The van der Waals surface area contributed by atoms with Crippen LogP contribution in [-0.4, -0.2) is 26.2 Å². The van der Waals surface area contributed by atoms with Crippen molar-refractivity contribution in [2.75, 3.05) is 20.3 Å². The lowest BCUT2D eigenvalue weighted by atomic mass is 9.83. The van der Waals surface area contributed by atoms with E-state index in [-0.39, 0.29) is 29.3 Å². The summed E-state index contributed by atoms with van der Waals surface area (Å²) in [7, 11) is 1.63. The Morgan fingerprint density at radius 3 is 2.50 bits per heavy atom. The first-order chi connectivity index (χ1) is 12.6. The molecule has 3 aromatic rings. The lowest BCUT2D eigenvalue weighted by Gasteiger charge is -2.23. The quantitative estimate of drug-likeness (QED) is 0.716. The van der Waals surface area contributed by atoms with Gasteiger partial charge in [-0.1, -0.05) is 24.3 Å². The SMILES string of the molecule is CCOC(=O)C1C(c2ccc3c(=O)c3c2)CNC1c1ccc(OC)cc1. The first-order valence-electron chi connectivity index (χ1n) is 8.86. The van der Waals surface area contributed by atoms with Crippen molar-refractivity contribution in [3.63, 3.8) is 0 Å². The van der Waals surface area contributed by atoms with E-state index in [1.165, 1.54) is 0 Å². The Hall–Kier alpha value is -2.66. The van der Waals surface area contributed by atoms with E-state index in [2.05, 4.69) is 5.32 Å². The van der Waals surface area contributed by atoms with Crippen molar-refractivity contribution in [3.8, 4) is 5.75 Å².